The van der Waals surface area contributed by atoms with Crippen LogP contribution in [0.1, 0.15) is 37.5 Å². The number of nitrogens with zero attached hydrogens (tertiary/aromatic N) is 1. The van der Waals surface area contributed by atoms with E-state index in [2.05, 4.69) is 55.6 Å². The molecule has 0 radical (unpaired) electrons. The van der Waals surface area contributed by atoms with Crippen molar-refractivity contribution in [2.45, 2.75) is 33.1 Å². The van der Waals surface area contributed by atoms with Crippen molar-refractivity contribution in [3.8, 4) is 0 Å². The second-order valence-electron chi connectivity index (χ2n) is 6.21. The Morgan fingerprint density at radius 2 is 1.71 bits per heavy atom. The first-order chi connectivity index (χ1) is 9.86. The van der Waals surface area contributed by atoms with Gasteiger partial charge in [-0.05, 0) is 41.2 Å². The number of hydrogen-bond acceptors (Lipinski definition) is 2. The molecular formula is C18H21ClN2. The molecule has 0 spiro atoms. The van der Waals surface area contributed by atoms with Crippen LogP contribution in [0.15, 0.2) is 47.6 Å². The van der Waals surface area contributed by atoms with Crippen molar-refractivity contribution in [1.29, 1.82) is 0 Å². The summed E-state index contributed by atoms with van der Waals surface area (Å²) in [6, 6.07) is 14.2. The molecule has 1 N–H and O–H groups in total. The van der Waals surface area contributed by atoms with Crippen LogP contribution in [0, 0.1) is 6.92 Å². The van der Waals surface area contributed by atoms with Gasteiger partial charge in [0.1, 0.15) is 0 Å². The lowest BCUT2D eigenvalue weighted by atomic mass is 9.87. The Morgan fingerprint density at radius 3 is 2.29 bits per heavy atom. The van der Waals surface area contributed by atoms with Gasteiger partial charge in [-0.2, -0.15) is 5.10 Å². The fourth-order valence-electron chi connectivity index (χ4n) is 1.91. The van der Waals surface area contributed by atoms with Crippen molar-refractivity contribution >= 4 is 23.5 Å². The average molecular weight is 301 g/mol. The molecule has 0 saturated heterocycles. The van der Waals surface area contributed by atoms with Crippen LogP contribution in [-0.4, -0.2) is 6.21 Å². The third kappa shape index (κ3) is 4.33. The minimum atomic E-state index is 0.173. The molecule has 0 unspecified atom stereocenters. The highest BCUT2D eigenvalue weighted by atomic mass is 35.5. The summed E-state index contributed by atoms with van der Waals surface area (Å²) in [5, 5.41) is 4.98. The number of aryl methyl sites for hydroxylation is 1. The molecule has 3 heteroatoms. The van der Waals surface area contributed by atoms with E-state index in [1.165, 1.54) is 5.56 Å². The molecule has 0 amide bonds. The first kappa shape index (κ1) is 15.6. The lowest BCUT2D eigenvalue weighted by Crippen LogP contribution is -2.10. The molecule has 0 aliphatic heterocycles. The number of hydrogen-bond donors (Lipinski definition) is 1. The summed E-state index contributed by atoms with van der Waals surface area (Å²) in [6.07, 6.45) is 1.81. The lowest BCUT2D eigenvalue weighted by Gasteiger charge is -2.18. The van der Waals surface area contributed by atoms with E-state index in [-0.39, 0.29) is 5.41 Å². The maximum atomic E-state index is 6.08. The summed E-state index contributed by atoms with van der Waals surface area (Å²) < 4.78 is 0. The molecule has 110 valence electrons. The number of anilines is 1. The second kappa shape index (κ2) is 6.31. The van der Waals surface area contributed by atoms with Crippen molar-refractivity contribution in [2.24, 2.45) is 5.10 Å². The van der Waals surface area contributed by atoms with E-state index in [9.17, 15) is 0 Å². The molecular weight excluding hydrogens is 280 g/mol. The number of nitrogens with one attached hydrogen (secondary N) is 1. The van der Waals surface area contributed by atoms with Gasteiger partial charge in [0.25, 0.3) is 0 Å². The Morgan fingerprint density at radius 1 is 1.05 bits per heavy atom. The third-order valence-corrected chi connectivity index (χ3v) is 3.76. The monoisotopic (exact) mass is 300 g/mol. The molecule has 21 heavy (non-hydrogen) atoms. The summed E-state index contributed by atoms with van der Waals surface area (Å²) >= 11 is 6.08. The van der Waals surface area contributed by atoms with Gasteiger partial charge in [0.15, 0.2) is 0 Å². The summed E-state index contributed by atoms with van der Waals surface area (Å²) in [5.74, 6) is 0. The minimum absolute atomic E-state index is 0.173. The molecule has 0 aliphatic carbocycles. The molecule has 0 bridgehead atoms. The highest BCUT2D eigenvalue weighted by Crippen LogP contribution is 2.22. The van der Waals surface area contributed by atoms with Crippen molar-refractivity contribution in [3.63, 3.8) is 0 Å². The van der Waals surface area contributed by atoms with Gasteiger partial charge in [-0.15, -0.1) is 0 Å². The molecule has 0 fully saturated rings. The van der Waals surface area contributed by atoms with Crippen LogP contribution >= 0.6 is 11.6 Å². The van der Waals surface area contributed by atoms with Gasteiger partial charge in [0.2, 0.25) is 0 Å². The summed E-state index contributed by atoms with van der Waals surface area (Å²) in [6.45, 7) is 8.60. The molecule has 2 aromatic rings. The average Bonchev–Trinajstić information content (AvgIpc) is 2.42. The molecule has 0 aromatic heterocycles. The summed E-state index contributed by atoms with van der Waals surface area (Å²) in [4.78, 5) is 0. The van der Waals surface area contributed by atoms with E-state index in [4.69, 9.17) is 11.6 Å². The second-order valence-corrected chi connectivity index (χ2v) is 6.61. The van der Waals surface area contributed by atoms with Crippen LogP contribution in [0.5, 0.6) is 0 Å². The van der Waals surface area contributed by atoms with Gasteiger partial charge in [-0.3, -0.25) is 5.43 Å². The van der Waals surface area contributed by atoms with E-state index in [0.29, 0.717) is 0 Å². The predicted molar refractivity (Wildman–Crippen MR) is 92.5 cm³/mol. The molecule has 0 aliphatic rings. The zero-order chi connectivity index (χ0) is 15.5. The molecule has 0 atom stereocenters. The molecule has 2 nitrogen and oxygen atoms in total. The molecule has 0 saturated carbocycles. The van der Waals surface area contributed by atoms with Crippen LogP contribution in [0.4, 0.5) is 5.69 Å². The van der Waals surface area contributed by atoms with Gasteiger partial charge >= 0.3 is 0 Å². The maximum absolute atomic E-state index is 6.08. The lowest BCUT2D eigenvalue weighted by molar-refractivity contribution is 0.590. The minimum Gasteiger partial charge on any atom is -0.278 e. The van der Waals surface area contributed by atoms with Crippen LogP contribution in [0.25, 0.3) is 0 Å². The molecule has 2 rings (SSSR count). The first-order valence-electron chi connectivity index (χ1n) is 7.02. The zero-order valence-corrected chi connectivity index (χ0v) is 13.7. The molecule has 2 aromatic carbocycles. The Hall–Kier alpha value is -1.80. The highest BCUT2D eigenvalue weighted by molar-refractivity contribution is 6.31. The predicted octanol–water partition coefficient (Wildman–Crippen LogP) is 5.39. The fraction of sp³-hybridized carbons (Fsp3) is 0.278. The summed E-state index contributed by atoms with van der Waals surface area (Å²) in [5.41, 5.74) is 7.49. The van der Waals surface area contributed by atoms with Crippen molar-refractivity contribution in [1.82, 2.24) is 0 Å². The topological polar surface area (TPSA) is 24.4 Å². The van der Waals surface area contributed by atoms with Gasteiger partial charge in [-0.25, -0.2) is 0 Å². The van der Waals surface area contributed by atoms with Gasteiger partial charge in [0, 0.05) is 5.02 Å². The quantitative estimate of drug-likeness (QED) is 0.596. The Bertz CT molecular complexity index is 637. The zero-order valence-electron chi connectivity index (χ0n) is 12.9. The Kier molecular flexibility index (Phi) is 4.69. The standard InChI is InChI=1S/C18H21ClN2/c1-13-5-10-16(11-17(13)19)21-20-12-14-6-8-15(9-7-14)18(2,3)4/h5-12,21H,1-4H3. The van der Waals surface area contributed by atoms with E-state index in [0.717, 1.165) is 21.8 Å². The van der Waals surface area contributed by atoms with Crippen LogP contribution in [0.3, 0.4) is 0 Å². The SMILES string of the molecule is Cc1ccc(NN=Cc2ccc(C(C)(C)C)cc2)cc1Cl. The van der Waals surface area contributed by atoms with Gasteiger partial charge < -0.3 is 0 Å². The smallest absolute Gasteiger partial charge is 0.0576 e. The van der Waals surface area contributed by atoms with E-state index < -0.39 is 0 Å². The highest BCUT2D eigenvalue weighted by Gasteiger charge is 2.12. The number of halogens is 1. The van der Waals surface area contributed by atoms with Crippen LogP contribution in [-0.2, 0) is 5.41 Å². The Balaban J connectivity index is 2.02. The van der Waals surface area contributed by atoms with E-state index in [1.807, 2.05) is 25.1 Å². The summed E-state index contributed by atoms with van der Waals surface area (Å²) in [7, 11) is 0. The largest absolute Gasteiger partial charge is 0.278 e. The fourth-order valence-corrected chi connectivity index (χ4v) is 2.09. The van der Waals surface area contributed by atoms with E-state index in [1.54, 1.807) is 6.21 Å². The number of rotatable bonds is 3. The van der Waals surface area contributed by atoms with Crippen molar-refractivity contribution in [3.05, 3.63) is 64.2 Å². The molecule has 0 heterocycles. The van der Waals surface area contributed by atoms with Crippen LogP contribution < -0.4 is 5.43 Å². The maximum Gasteiger partial charge on any atom is 0.0576 e. The van der Waals surface area contributed by atoms with Gasteiger partial charge in [0.05, 0.1) is 11.9 Å². The van der Waals surface area contributed by atoms with E-state index >= 15 is 0 Å². The van der Waals surface area contributed by atoms with Crippen molar-refractivity contribution < 1.29 is 0 Å². The van der Waals surface area contributed by atoms with Crippen molar-refractivity contribution in [2.75, 3.05) is 5.43 Å². The normalized spacial score (nSPS) is 11.9. The first-order valence-corrected chi connectivity index (χ1v) is 7.40. The van der Waals surface area contributed by atoms with Gasteiger partial charge in [-0.1, -0.05) is 62.7 Å². The third-order valence-electron chi connectivity index (χ3n) is 3.36. The number of benzene rings is 2. The van der Waals surface area contributed by atoms with Crippen LogP contribution in [0.2, 0.25) is 5.02 Å². The number of hydrazone groups is 1. The Labute approximate surface area is 131 Å².